The highest BCUT2D eigenvalue weighted by Crippen LogP contribution is 2.18. The standard InChI is InChI=1S/C18H23N3O2S/c1-2-16(19-7-3-4-8-19)18(23)21-10-5-9-20(11-12-21)17(22)15-6-13-24-14-15/h3-4,6-8,13-14,16H,2,5,9-12H2,1H3. The van der Waals surface area contributed by atoms with E-state index in [9.17, 15) is 9.59 Å². The summed E-state index contributed by atoms with van der Waals surface area (Å²) in [5.74, 6) is 0.224. The molecule has 2 aromatic rings. The zero-order valence-corrected chi connectivity index (χ0v) is 14.7. The Kier molecular flexibility index (Phi) is 5.35. The molecule has 3 heterocycles. The predicted molar refractivity (Wildman–Crippen MR) is 95.2 cm³/mol. The van der Waals surface area contributed by atoms with Gasteiger partial charge in [-0.25, -0.2) is 0 Å². The summed E-state index contributed by atoms with van der Waals surface area (Å²) in [6, 6.07) is 5.60. The van der Waals surface area contributed by atoms with E-state index >= 15 is 0 Å². The zero-order chi connectivity index (χ0) is 16.9. The predicted octanol–water partition coefficient (Wildman–Crippen LogP) is 2.88. The lowest BCUT2D eigenvalue weighted by molar-refractivity contribution is -0.134. The summed E-state index contributed by atoms with van der Waals surface area (Å²) >= 11 is 1.53. The maximum atomic E-state index is 12.9. The molecule has 1 fully saturated rings. The van der Waals surface area contributed by atoms with Crippen LogP contribution < -0.4 is 0 Å². The molecule has 1 aliphatic heterocycles. The molecular formula is C18H23N3O2S. The molecule has 1 atom stereocenters. The number of carbonyl (C=O) groups is 2. The minimum absolute atomic E-state index is 0.0722. The molecular weight excluding hydrogens is 322 g/mol. The van der Waals surface area contributed by atoms with Gasteiger partial charge in [-0.2, -0.15) is 11.3 Å². The van der Waals surface area contributed by atoms with Crippen molar-refractivity contribution in [3.05, 3.63) is 46.9 Å². The van der Waals surface area contributed by atoms with Gasteiger partial charge in [0.15, 0.2) is 0 Å². The van der Waals surface area contributed by atoms with Crippen LogP contribution in [0.2, 0.25) is 0 Å². The van der Waals surface area contributed by atoms with Crippen LogP contribution >= 0.6 is 11.3 Å². The first-order valence-corrected chi connectivity index (χ1v) is 9.37. The van der Waals surface area contributed by atoms with Crippen molar-refractivity contribution < 1.29 is 9.59 Å². The molecule has 0 aromatic carbocycles. The van der Waals surface area contributed by atoms with Crippen LogP contribution in [0.4, 0.5) is 0 Å². The first-order chi connectivity index (χ1) is 11.7. The highest BCUT2D eigenvalue weighted by molar-refractivity contribution is 7.08. The van der Waals surface area contributed by atoms with E-state index in [1.165, 1.54) is 11.3 Å². The maximum Gasteiger partial charge on any atom is 0.254 e. The number of nitrogens with zero attached hydrogens (tertiary/aromatic N) is 3. The first-order valence-electron chi connectivity index (χ1n) is 8.43. The van der Waals surface area contributed by atoms with E-state index in [2.05, 4.69) is 0 Å². The topological polar surface area (TPSA) is 45.6 Å². The number of hydrogen-bond donors (Lipinski definition) is 0. The SMILES string of the molecule is CCC(C(=O)N1CCCN(C(=O)c2ccsc2)CC1)n1cccc1. The van der Waals surface area contributed by atoms with Crippen molar-refractivity contribution in [1.29, 1.82) is 0 Å². The van der Waals surface area contributed by atoms with E-state index < -0.39 is 0 Å². The molecule has 1 saturated heterocycles. The number of carbonyl (C=O) groups excluding carboxylic acids is 2. The molecule has 0 radical (unpaired) electrons. The Labute approximate surface area is 146 Å². The highest BCUT2D eigenvalue weighted by Gasteiger charge is 2.27. The third kappa shape index (κ3) is 3.53. The smallest absolute Gasteiger partial charge is 0.254 e. The summed E-state index contributed by atoms with van der Waals surface area (Å²) in [4.78, 5) is 29.2. The van der Waals surface area contributed by atoms with Crippen LogP contribution in [0.15, 0.2) is 41.4 Å². The van der Waals surface area contributed by atoms with Crippen LogP contribution in [-0.2, 0) is 4.79 Å². The minimum atomic E-state index is -0.154. The van der Waals surface area contributed by atoms with E-state index in [0.717, 1.165) is 18.4 Å². The minimum Gasteiger partial charge on any atom is -0.342 e. The fraction of sp³-hybridized carbons (Fsp3) is 0.444. The van der Waals surface area contributed by atoms with Crippen LogP contribution in [-0.4, -0.2) is 52.4 Å². The van der Waals surface area contributed by atoms with Gasteiger partial charge in [-0.3, -0.25) is 9.59 Å². The monoisotopic (exact) mass is 345 g/mol. The van der Waals surface area contributed by atoms with Crippen molar-refractivity contribution in [2.24, 2.45) is 0 Å². The van der Waals surface area contributed by atoms with Crippen molar-refractivity contribution in [3.63, 3.8) is 0 Å². The molecule has 1 unspecified atom stereocenters. The first kappa shape index (κ1) is 16.8. The third-order valence-electron chi connectivity index (χ3n) is 4.52. The zero-order valence-electron chi connectivity index (χ0n) is 13.9. The number of hydrogen-bond acceptors (Lipinski definition) is 3. The molecule has 0 aliphatic carbocycles. The Bertz CT molecular complexity index is 667. The Balaban J connectivity index is 1.64. The molecule has 5 nitrogen and oxygen atoms in total. The van der Waals surface area contributed by atoms with Gasteiger partial charge in [0.2, 0.25) is 5.91 Å². The quantitative estimate of drug-likeness (QED) is 0.855. The van der Waals surface area contributed by atoms with Gasteiger partial charge in [0.1, 0.15) is 6.04 Å². The van der Waals surface area contributed by atoms with Gasteiger partial charge in [-0.1, -0.05) is 6.92 Å². The van der Waals surface area contributed by atoms with E-state index in [0.29, 0.717) is 26.2 Å². The summed E-state index contributed by atoms with van der Waals surface area (Å²) in [5, 5.41) is 3.80. The van der Waals surface area contributed by atoms with Crippen molar-refractivity contribution in [2.75, 3.05) is 26.2 Å². The fourth-order valence-corrected chi connectivity index (χ4v) is 3.82. The van der Waals surface area contributed by atoms with E-state index in [-0.39, 0.29) is 17.9 Å². The summed E-state index contributed by atoms with van der Waals surface area (Å²) in [6.07, 6.45) is 5.47. The Hall–Kier alpha value is -2.08. The fourth-order valence-electron chi connectivity index (χ4n) is 3.19. The number of thiophene rings is 1. The molecule has 24 heavy (non-hydrogen) atoms. The van der Waals surface area contributed by atoms with Crippen molar-refractivity contribution in [1.82, 2.24) is 14.4 Å². The average Bonchev–Trinajstić information content (AvgIpc) is 3.25. The van der Waals surface area contributed by atoms with Crippen molar-refractivity contribution in [2.45, 2.75) is 25.8 Å². The van der Waals surface area contributed by atoms with Gasteiger partial charge >= 0.3 is 0 Å². The molecule has 1 aliphatic rings. The van der Waals surface area contributed by atoms with E-state index in [1.807, 2.05) is 62.6 Å². The van der Waals surface area contributed by atoms with Crippen LogP contribution in [0.3, 0.4) is 0 Å². The van der Waals surface area contributed by atoms with Crippen LogP contribution in [0.25, 0.3) is 0 Å². The molecule has 2 aromatic heterocycles. The lowest BCUT2D eigenvalue weighted by Crippen LogP contribution is -2.40. The number of amides is 2. The second-order valence-electron chi connectivity index (χ2n) is 6.04. The molecule has 0 saturated carbocycles. The molecule has 6 heteroatoms. The molecule has 2 amide bonds. The third-order valence-corrected chi connectivity index (χ3v) is 5.21. The van der Waals surface area contributed by atoms with Gasteiger partial charge in [-0.15, -0.1) is 0 Å². The average molecular weight is 345 g/mol. The molecule has 128 valence electrons. The van der Waals surface area contributed by atoms with Gasteiger partial charge < -0.3 is 14.4 Å². The molecule has 0 spiro atoms. The molecule has 0 N–H and O–H groups in total. The van der Waals surface area contributed by atoms with Crippen molar-refractivity contribution >= 4 is 23.2 Å². The van der Waals surface area contributed by atoms with Gasteiger partial charge in [0.25, 0.3) is 5.91 Å². The molecule has 3 rings (SSSR count). The summed E-state index contributed by atoms with van der Waals surface area (Å²) < 4.78 is 1.97. The number of aromatic nitrogens is 1. The summed E-state index contributed by atoms with van der Waals surface area (Å²) in [6.45, 7) is 4.66. The van der Waals surface area contributed by atoms with E-state index in [4.69, 9.17) is 0 Å². The lowest BCUT2D eigenvalue weighted by atomic mass is 10.2. The number of rotatable bonds is 4. The van der Waals surface area contributed by atoms with Crippen molar-refractivity contribution in [3.8, 4) is 0 Å². The second kappa shape index (κ2) is 7.66. The second-order valence-corrected chi connectivity index (χ2v) is 6.82. The lowest BCUT2D eigenvalue weighted by Gasteiger charge is -2.26. The van der Waals surface area contributed by atoms with Gasteiger partial charge in [0, 0.05) is 44.0 Å². The Morgan fingerprint density at radius 3 is 2.50 bits per heavy atom. The van der Waals surface area contributed by atoms with Gasteiger partial charge in [-0.05, 0) is 36.4 Å². The highest BCUT2D eigenvalue weighted by atomic mass is 32.1. The van der Waals surface area contributed by atoms with E-state index in [1.54, 1.807) is 0 Å². The largest absolute Gasteiger partial charge is 0.342 e. The normalized spacial score (nSPS) is 16.7. The Morgan fingerprint density at radius 2 is 1.83 bits per heavy atom. The Morgan fingerprint density at radius 1 is 1.12 bits per heavy atom. The molecule has 0 bridgehead atoms. The summed E-state index contributed by atoms with van der Waals surface area (Å²) in [7, 11) is 0. The van der Waals surface area contributed by atoms with Gasteiger partial charge in [0.05, 0.1) is 5.56 Å². The van der Waals surface area contributed by atoms with Crippen LogP contribution in [0.1, 0.15) is 36.2 Å². The van der Waals surface area contributed by atoms with Crippen LogP contribution in [0, 0.1) is 0 Å². The maximum absolute atomic E-state index is 12.9. The summed E-state index contributed by atoms with van der Waals surface area (Å²) in [5.41, 5.74) is 0.749. The van der Waals surface area contributed by atoms with Crippen LogP contribution in [0.5, 0.6) is 0 Å².